The molecule has 0 fully saturated rings. The van der Waals surface area contributed by atoms with Gasteiger partial charge in [0, 0.05) is 5.56 Å². The minimum Gasteiger partial charge on any atom is -0.462 e. The molecule has 0 spiro atoms. The van der Waals surface area contributed by atoms with E-state index >= 15 is 0 Å². The highest BCUT2D eigenvalue weighted by atomic mass is 32.2. The molecular formula is C22H23N5O3S2. The number of nitrogens with zero attached hydrogens (tertiary/aromatic N) is 3. The number of thioether (sulfide) groups is 1. The lowest BCUT2D eigenvalue weighted by atomic mass is 10.1. The normalized spacial score (nSPS) is 12.2. The SMILES string of the molecule is CCOC(=O)c1sc2nc(C(C)Sc3n[nH]c(-c4ccc(CC)cc4)n3)[nH]c(=O)c2c1C. The molecular weight excluding hydrogens is 446 g/mol. The van der Waals surface area contributed by atoms with Crippen molar-refractivity contribution in [1.82, 2.24) is 25.1 Å². The van der Waals surface area contributed by atoms with Gasteiger partial charge in [-0.25, -0.2) is 14.8 Å². The molecule has 0 saturated heterocycles. The van der Waals surface area contributed by atoms with E-state index in [9.17, 15) is 9.59 Å². The molecule has 0 saturated carbocycles. The molecule has 3 heterocycles. The molecule has 1 aromatic carbocycles. The van der Waals surface area contributed by atoms with Gasteiger partial charge in [-0.15, -0.1) is 16.4 Å². The summed E-state index contributed by atoms with van der Waals surface area (Å²) in [4.78, 5) is 37.9. The summed E-state index contributed by atoms with van der Waals surface area (Å²) < 4.78 is 5.09. The smallest absolute Gasteiger partial charge is 0.348 e. The van der Waals surface area contributed by atoms with Crippen molar-refractivity contribution in [2.75, 3.05) is 6.61 Å². The van der Waals surface area contributed by atoms with Crippen molar-refractivity contribution in [3.8, 4) is 11.4 Å². The van der Waals surface area contributed by atoms with Crippen molar-refractivity contribution in [2.24, 2.45) is 0 Å². The van der Waals surface area contributed by atoms with E-state index in [1.165, 1.54) is 28.7 Å². The highest BCUT2D eigenvalue weighted by Crippen LogP contribution is 2.34. The molecule has 2 N–H and O–H groups in total. The third-order valence-corrected chi connectivity index (χ3v) is 7.18. The summed E-state index contributed by atoms with van der Waals surface area (Å²) in [5.41, 5.74) is 2.55. The van der Waals surface area contributed by atoms with Crippen LogP contribution in [0.1, 0.15) is 52.6 Å². The number of carbonyl (C=O) groups excluding carboxylic acids is 1. The highest BCUT2D eigenvalue weighted by molar-refractivity contribution is 7.99. The predicted molar refractivity (Wildman–Crippen MR) is 126 cm³/mol. The zero-order chi connectivity index (χ0) is 22.8. The van der Waals surface area contributed by atoms with E-state index < -0.39 is 5.97 Å². The fraction of sp³-hybridized carbons (Fsp3) is 0.318. The van der Waals surface area contributed by atoms with Crippen LogP contribution >= 0.6 is 23.1 Å². The molecule has 0 amide bonds. The average molecular weight is 470 g/mol. The van der Waals surface area contributed by atoms with Crippen molar-refractivity contribution in [2.45, 2.75) is 44.5 Å². The van der Waals surface area contributed by atoms with Crippen molar-refractivity contribution in [3.63, 3.8) is 0 Å². The van der Waals surface area contributed by atoms with Gasteiger partial charge in [0.05, 0.1) is 17.2 Å². The molecule has 0 radical (unpaired) electrons. The van der Waals surface area contributed by atoms with Crippen molar-refractivity contribution >= 4 is 39.3 Å². The molecule has 4 rings (SSSR count). The maximum Gasteiger partial charge on any atom is 0.348 e. The van der Waals surface area contributed by atoms with Crippen LogP contribution in [0.4, 0.5) is 0 Å². The zero-order valence-corrected chi connectivity index (χ0v) is 19.8. The number of aromatic amines is 2. The molecule has 8 nitrogen and oxygen atoms in total. The van der Waals surface area contributed by atoms with E-state index in [-0.39, 0.29) is 17.4 Å². The summed E-state index contributed by atoms with van der Waals surface area (Å²) in [6.45, 7) is 7.80. The van der Waals surface area contributed by atoms with Crippen LogP contribution in [0.25, 0.3) is 21.6 Å². The zero-order valence-electron chi connectivity index (χ0n) is 18.2. The maximum atomic E-state index is 12.7. The number of nitrogens with one attached hydrogen (secondary N) is 2. The fourth-order valence-corrected chi connectivity index (χ4v) is 5.15. The molecule has 0 aliphatic carbocycles. The van der Waals surface area contributed by atoms with E-state index in [4.69, 9.17) is 4.74 Å². The summed E-state index contributed by atoms with van der Waals surface area (Å²) >= 11 is 2.57. The first-order valence-electron chi connectivity index (χ1n) is 10.3. The summed E-state index contributed by atoms with van der Waals surface area (Å²) in [6.07, 6.45) is 0.982. The second-order valence-corrected chi connectivity index (χ2v) is 9.49. The van der Waals surface area contributed by atoms with Crippen LogP contribution in [-0.2, 0) is 11.2 Å². The molecule has 0 aliphatic rings. The number of carbonyl (C=O) groups is 1. The third-order valence-electron chi connectivity index (χ3n) is 5.05. The van der Waals surface area contributed by atoms with Gasteiger partial charge in [-0.05, 0) is 38.3 Å². The minimum atomic E-state index is -0.434. The highest BCUT2D eigenvalue weighted by Gasteiger charge is 2.22. The Labute approximate surface area is 192 Å². The Morgan fingerprint density at radius 1 is 1.22 bits per heavy atom. The van der Waals surface area contributed by atoms with Gasteiger partial charge in [-0.1, -0.05) is 43.0 Å². The minimum absolute atomic E-state index is 0.202. The Kier molecular flexibility index (Phi) is 6.43. The number of aromatic nitrogens is 5. The first-order valence-corrected chi connectivity index (χ1v) is 12.0. The average Bonchev–Trinajstić information content (AvgIpc) is 3.38. The number of H-pyrrole nitrogens is 2. The van der Waals surface area contributed by atoms with E-state index in [0.29, 0.717) is 37.5 Å². The number of hydrogen-bond donors (Lipinski definition) is 2. The largest absolute Gasteiger partial charge is 0.462 e. The Balaban J connectivity index is 1.57. The molecule has 0 bridgehead atoms. The standard InChI is InChI=1S/C22H23N5O3S2/c1-5-13-7-9-14(10-8-13)18-25-22(27-26-18)31-12(4)17-23-19(28)15-11(3)16(21(29)30-6-2)32-20(15)24-17/h7-10,12H,5-6H2,1-4H3,(H,23,24,28)(H,25,26,27). The van der Waals surface area contributed by atoms with Crippen molar-refractivity contribution in [3.05, 3.63) is 56.4 Å². The molecule has 1 atom stereocenters. The van der Waals surface area contributed by atoms with Gasteiger partial charge in [-0.3, -0.25) is 9.89 Å². The summed E-state index contributed by atoms with van der Waals surface area (Å²) in [5.74, 6) is 0.756. The molecule has 1 unspecified atom stereocenters. The number of ether oxygens (including phenoxy) is 1. The Morgan fingerprint density at radius 2 is 1.97 bits per heavy atom. The molecule has 166 valence electrons. The van der Waals surface area contributed by atoms with Gasteiger partial charge in [-0.2, -0.15) is 0 Å². The number of esters is 1. The fourth-order valence-electron chi connectivity index (χ4n) is 3.28. The third kappa shape index (κ3) is 4.33. The monoisotopic (exact) mass is 469 g/mol. The van der Waals surface area contributed by atoms with Gasteiger partial charge < -0.3 is 9.72 Å². The van der Waals surface area contributed by atoms with Gasteiger partial charge in [0.1, 0.15) is 15.5 Å². The second kappa shape index (κ2) is 9.25. The summed E-state index contributed by atoms with van der Waals surface area (Å²) in [5, 5.41) is 8.05. The number of hydrogen-bond acceptors (Lipinski definition) is 8. The maximum absolute atomic E-state index is 12.7. The molecule has 0 aliphatic heterocycles. The van der Waals surface area contributed by atoms with Gasteiger partial charge in [0.15, 0.2) is 5.82 Å². The topological polar surface area (TPSA) is 114 Å². The number of benzene rings is 1. The molecule has 32 heavy (non-hydrogen) atoms. The first kappa shape index (κ1) is 22.2. The van der Waals surface area contributed by atoms with Gasteiger partial charge in [0.2, 0.25) is 5.16 Å². The van der Waals surface area contributed by atoms with Crippen molar-refractivity contribution < 1.29 is 9.53 Å². The van der Waals surface area contributed by atoms with Crippen LogP contribution < -0.4 is 5.56 Å². The first-order chi connectivity index (χ1) is 15.4. The van der Waals surface area contributed by atoms with Crippen LogP contribution in [0.15, 0.2) is 34.2 Å². The molecule has 4 aromatic rings. The second-order valence-electron chi connectivity index (χ2n) is 7.19. The van der Waals surface area contributed by atoms with E-state index in [0.717, 1.165) is 12.0 Å². The predicted octanol–water partition coefficient (Wildman–Crippen LogP) is 4.67. The lowest BCUT2D eigenvalue weighted by Gasteiger charge is -2.07. The number of thiophene rings is 1. The lowest BCUT2D eigenvalue weighted by Crippen LogP contribution is -2.13. The van der Waals surface area contributed by atoms with Gasteiger partial charge in [0.25, 0.3) is 5.56 Å². The Morgan fingerprint density at radius 3 is 2.66 bits per heavy atom. The van der Waals surface area contributed by atoms with Crippen LogP contribution in [0, 0.1) is 6.92 Å². The van der Waals surface area contributed by atoms with Crippen LogP contribution in [0.5, 0.6) is 0 Å². The summed E-state index contributed by atoms with van der Waals surface area (Å²) in [7, 11) is 0. The van der Waals surface area contributed by atoms with E-state index in [1.807, 2.05) is 19.1 Å². The van der Waals surface area contributed by atoms with Crippen LogP contribution in [0.3, 0.4) is 0 Å². The summed E-state index contributed by atoms with van der Waals surface area (Å²) in [6, 6.07) is 8.18. The van der Waals surface area contributed by atoms with Crippen molar-refractivity contribution in [1.29, 1.82) is 0 Å². The number of rotatable bonds is 7. The number of fused-ring (bicyclic) bond motifs is 1. The molecule has 10 heteroatoms. The molecule has 3 aromatic heterocycles. The number of aryl methyl sites for hydroxylation is 2. The van der Waals surface area contributed by atoms with Crippen LogP contribution in [0.2, 0.25) is 0 Å². The van der Waals surface area contributed by atoms with E-state index in [1.54, 1.807) is 13.8 Å². The lowest BCUT2D eigenvalue weighted by molar-refractivity contribution is 0.0531. The Hall–Kier alpha value is -2.98. The quantitative estimate of drug-likeness (QED) is 0.299. The Bertz CT molecular complexity index is 1320. The van der Waals surface area contributed by atoms with Gasteiger partial charge >= 0.3 is 5.97 Å². The van der Waals surface area contributed by atoms with Crippen LogP contribution in [-0.4, -0.2) is 37.7 Å². The van der Waals surface area contributed by atoms with E-state index in [2.05, 4.69) is 44.2 Å².